The summed E-state index contributed by atoms with van der Waals surface area (Å²) in [5.74, 6) is -2.19. The molecule has 0 fully saturated rings. The zero-order valence-corrected chi connectivity index (χ0v) is 62.8. The van der Waals surface area contributed by atoms with Gasteiger partial charge in [0.1, 0.15) is 19.3 Å². The van der Waals surface area contributed by atoms with E-state index in [-0.39, 0.29) is 25.7 Å². The second kappa shape index (κ2) is 70.2. The number of hydrogen-bond donors (Lipinski definition) is 3. The number of allylic oxidation sites excluding steroid dienone is 10. The molecule has 17 nitrogen and oxygen atoms in total. The van der Waals surface area contributed by atoms with Crippen LogP contribution in [0.1, 0.15) is 349 Å². The molecule has 19 heteroatoms. The summed E-state index contributed by atoms with van der Waals surface area (Å²) < 4.78 is 68.5. The van der Waals surface area contributed by atoms with Gasteiger partial charge in [-0.25, -0.2) is 9.13 Å². The molecular formula is C77H140O17P2. The smallest absolute Gasteiger partial charge is 0.462 e. The summed E-state index contributed by atoms with van der Waals surface area (Å²) >= 11 is 0. The van der Waals surface area contributed by atoms with E-state index in [1.807, 2.05) is 0 Å². The number of carbonyl (C=O) groups excluding carboxylic acids is 4. The van der Waals surface area contributed by atoms with Crippen molar-refractivity contribution in [3.05, 3.63) is 60.8 Å². The third-order valence-electron chi connectivity index (χ3n) is 16.5. The lowest BCUT2D eigenvalue weighted by atomic mass is 10.0. The first-order chi connectivity index (χ1) is 46.7. The molecular weight excluding hydrogens is 1260 g/mol. The Balaban J connectivity index is 5.35. The number of carbonyl (C=O) groups is 4. The average Bonchev–Trinajstić information content (AvgIpc) is 1.19. The second-order valence-electron chi connectivity index (χ2n) is 26.0. The van der Waals surface area contributed by atoms with E-state index in [0.29, 0.717) is 25.7 Å². The number of rotatable bonds is 73. The van der Waals surface area contributed by atoms with Crippen molar-refractivity contribution in [2.24, 2.45) is 0 Å². The zero-order valence-electron chi connectivity index (χ0n) is 61.1. The summed E-state index contributed by atoms with van der Waals surface area (Å²) in [6, 6.07) is 0. The fraction of sp³-hybridized carbons (Fsp3) is 0.818. The van der Waals surface area contributed by atoms with Crippen LogP contribution in [-0.2, 0) is 65.4 Å². The molecule has 0 aromatic heterocycles. The van der Waals surface area contributed by atoms with Crippen LogP contribution in [0.15, 0.2) is 60.8 Å². The summed E-state index contributed by atoms with van der Waals surface area (Å²) in [7, 11) is -9.94. The molecule has 96 heavy (non-hydrogen) atoms. The monoisotopic (exact) mass is 1400 g/mol. The maximum atomic E-state index is 13.1. The van der Waals surface area contributed by atoms with E-state index in [4.69, 9.17) is 37.0 Å². The fourth-order valence-electron chi connectivity index (χ4n) is 10.5. The largest absolute Gasteiger partial charge is 0.472 e. The van der Waals surface area contributed by atoms with Crippen molar-refractivity contribution < 1.29 is 80.2 Å². The van der Waals surface area contributed by atoms with Crippen molar-refractivity contribution in [1.29, 1.82) is 0 Å². The van der Waals surface area contributed by atoms with Crippen molar-refractivity contribution in [2.75, 3.05) is 39.6 Å². The van der Waals surface area contributed by atoms with Gasteiger partial charge in [-0.1, -0.05) is 275 Å². The highest BCUT2D eigenvalue weighted by atomic mass is 31.2. The minimum absolute atomic E-state index is 0.0807. The van der Waals surface area contributed by atoms with Crippen LogP contribution in [0.2, 0.25) is 0 Å². The Kier molecular flexibility index (Phi) is 67.8. The molecule has 0 bridgehead atoms. The number of aliphatic hydroxyl groups excluding tert-OH is 1. The summed E-state index contributed by atoms with van der Waals surface area (Å²) in [6.45, 7) is 4.82. The van der Waals surface area contributed by atoms with Crippen LogP contribution in [0.5, 0.6) is 0 Å². The van der Waals surface area contributed by atoms with Gasteiger partial charge >= 0.3 is 39.5 Å². The van der Waals surface area contributed by atoms with Crippen LogP contribution in [0.3, 0.4) is 0 Å². The highest BCUT2D eigenvalue weighted by Gasteiger charge is 2.30. The molecule has 3 N–H and O–H groups in total. The molecule has 0 rings (SSSR count). The molecule has 0 saturated heterocycles. The van der Waals surface area contributed by atoms with Crippen LogP contribution >= 0.6 is 15.6 Å². The van der Waals surface area contributed by atoms with Crippen LogP contribution in [0, 0.1) is 0 Å². The van der Waals surface area contributed by atoms with Crippen LogP contribution in [0.4, 0.5) is 0 Å². The zero-order chi connectivity index (χ0) is 70.4. The molecule has 560 valence electrons. The van der Waals surface area contributed by atoms with Gasteiger partial charge in [0.25, 0.3) is 0 Å². The summed E-state index contributed by atoms with van der Waals surface area (Å²) in [4.78, 5) is 72.8. The van der Waals surface area contributed by atoms with Gasteiger partial charge < -0.3 is 33.8 Å². The molecule has 0 amide bonds. The molecule has 0 aromatic rings. The topological polar surface area (TPSA) is 237 Å². The molecule has 2 unspecified atom stereocenters. The average molecular weight is 1400 g/mol. The third-order valence-corrected chi connectivity index (χ3v) is 18.4. The Morgan fingerprint density at radius 1 is 0.302 bits per heavy atom. The summed E-state index contributed by atoms with van der Waals surface area (Å²) in [6.07, 6.45) is 67.7. The predicted molar refractivity (Wildman–Crippen MR) is 390 cm³/mol. The Bertz CT molecular complexity index is 2060. The molecule has 0 aromatic carbocycles. The van der Waals surface area contributed by atoms with Crippen molar-refractivity contribution >= 4 is 39.5 Å². The van der Waals surface area contributed by atoms with Crippen molar-refractivity contribution in [3.8, 4) is 0 Å². The SMILES string of the molecule is CCCCC/C=C\C/C=C\CCCCCCCC(=O)O[C@H](COC(=O)CCCCCCC/C=C\CCCCCC)COP(=O)(O)OC[C@@H](O)COP(=O)(O)OC[C@@H](COC(=O)CCCCCCCCCCCCCCC)OC(=O)CCCCCCC/C=C\C=C/CCCCCC. The summed E-state index contributed by atoms with van der Waals surface area (Å²) in [5, 5.41) is 10.6. The van der Waals surface area contributed by atoms with Gasteiger partial charge in [-0.05, 0) is 109 Å². The lowest BCUT2D eigenvalue weighted by molar-refractivity contribution is -0.161. The van der Waals surface area contributed by atoms with Crippen LogP contribution in [0.25, 0.3) is 0 Å². The lowest BCUT2D eigenvalue weighted by Gasteiger charge is -2.21. The molecule has 0 saturated carbocycles. The van der Waals surface area contributed by atoms with Gasteiger partial charge in [0.2, 0.25) is 0 Å². The molecule has 0 radical (unpaired) electrons. The minimum Gasteiger partial charge on any atom is -0.462 e. The number of hydrogen-bond acceptors (Lipinski definition) is 15. The normalized spacial score (nSPS) is 14.3. The lowest BCUT2D eigenvalue weighted by Crippen LogP contribution is -2.30. The van der Waals surface area contributed by atoms with E-state index >= 15 is 0 Å². The Hall–Kier alpha value is -3.24. The Morgan fingerprint density at radius 3 is 0.875 bits per heavy atom. The quantitative estimate of drug-likeness (QED) is 0.0128. The number of phosphoric acid groups is 2. The molecule has 0 heterocycles. The van der Waals surface area contributed by atoms with E-state index in [9.17, 15) is 43.2 Å². The van der Waals surface area contributed by atoms with E-state index in [0.717, 1.165) is 141 Å². The van der Waals surface area contributed by atoms with Gasteiger partial charge in [0.05, 0.1) is 26.4 Å². The van der Waals surface area contributed by atoms with Gasteiger partial charge in [0.15, 0.2) is 12.2 Å². The Morgan fingerprint density at radius 2 is 0.542 bits per heavy atom. The van der Waals surface area contributed by atoms with E-state index in [1.165, 1.54) is 128 Å². The highest BCUT2D eigenvalue weighted by molar-refractivity contribution is 7.47. The number of ether oxygens (including phenoxy) is 4. The number of esters is 4. The fourth-order valence-corrected chi connectivity index (χ4v) is 12.1. The van der Waals surface area contributed by atoms with Crippen LogP contribution < -0.4 is 0 Å². The minimum atomic E-state index is -4.97. The maximum Gasteiger partial charge on any atom is 0.472 e. The summed E-state index contributed by atoms with van der Waals surface area (Å²) in [5.41, 5.74) is 0. The van der Waals surface area contributed by atoms with E-state index in [2.05, 4.69) is 88.5 Å². The highest BCUT2D eigenvalue weighted by Crippen LogP contribution is 2.45. The molecule has 5 atom stereocenters. The van der Waals surface area contributed by atoms with Crippen molar-refractivity contribution in [1.82, 2.24) is 0 Å². The number of unbranched alkanes of at least 4 members (excludes halogenated alkanes) is 38. The third kappa shape index (κ3) is 69.2. The first-order valence-electron chi connectivity index (χ1n) is 38.5. The second-order valence-corrected chi connectivity index (χ2v) is 28.9. The number of aliphatic hydroxyl groups is 1. The van der Waals surface area contributed by atoms with Gasteiger partial charge in [-0.15, -0.1) is 0 Å². The molecule has 0 aliphatic carbocycles. The van der Waals surface area contributed by atoms with Gasteiger partial charge in [0, 0.05) is 25.7 Å². The van der Waals surface area contributed by atoms with E-state index < -0.39 is 97.5 Å². The Labute approximate surface area is 584 Å². The first-order valence-corrected chi connectivity index (χ1v) is 41.5. The van der Waals surface area contributed by atoms with E-state index in [1.54, 1.807) is 0 Å². The molecule has 0 aliphatic rings. The number of phosphoric ester groups is 2. The van der Waals surface area contributed by atoms with Gasteiger partial charge in [-0.3, -0.25) is 37.3 Å². The van der Waals surface area contributed by atoms with Crippen LogP contribution in [-0.4, -0.2) is 96.7 Å². The molecule has 0 spiro atoms. The van der Waals surface area contributed by atoms with Crippen molar-refractivity contribution in [2.45, 2.75) is 367 Å². The maximum absolute atomic E-state index is 13.1. The van der Waals surface area contributed by atoms with Crippen molar-refractivity contribution in [3.63, 3.8) is 0 Å². The standard InChI is InChI=1S/C77H140O17P2/c1-5-9-13-17-21-25-29-33-35-39-43-47-51-55-59-63-76(81)93-72(67-87-74(79)61-57-53-49-45-41-37-31-27-23-19-15-11-7-3)69-91-95(83,84)89-65-71(78)66-90-96(85,86)92-70-73(68-88-75(80)62-58-54-50-46-42-38-32-28-24-20-16-12-8-4)94-77(82)64-60-56-52-48-44-40-36-34-30-26-22-18-14-10-6-2/h21,25-27,30-31,33-36,71-73,78H,5-20,22-24,28-29,32,37-70H2,1-4H3,(H,83,84)(H,85,86)/b25-21-,30-26-,31-27-,35-33-,36-34-/t71-,72-,73-/m1/s1. The molecule has 0 aliphatic heterocycles. The first kappa shape index (κ1) is 92.8. The predicted octanol–water partition coefficient (Wildman–Crippen LogP) is 21.9. The van der Waals surface area contributed by atoms with Gasteiger partial charge in [-0.2, -0.15) is 0 Å².